The Morgan fingerprint density at radius 2 is 1.53 bits per heavy atom. The molecule has 1 aliphatic rings. The quantitative estimate of drug-likeness (QED) is 0.354. The average Bonchev–Trinajstić information content (AvgIpc) is 3.10. The Morgan fingerprint density at radius 3 is 2.35 bits per heavy atom. The molecule has 4 aromatic carbocycles. The third-order valence-corrected chi connectivity index (χ3v) is 6.40. The number of carbonyl (C=O) groups is 2. The maximum absolute atomic E-state index is 13.9. The van der Waals surface area contributed by atoms with Crippen molar-refractivity contribution in [2.24, 2.45) is 0 Å². The standard InChI is InChI=1S/C28H21ClN2O3/c1-17-21(29)13-8-14-22(17)30-26-25(20-12-5-6-16-24(20)34-2)27(32)31(28(26)33)23-15-7-10-18-9-3-4-11-19(18)23/h3-16,30H,1-2H3. The number of hydrogen-bond acceptors (Lipinski definition) is 4. The van der Waals surface area contributed by atoms with Crippen molar-refractivity contribution < 1.29 is 14.3 Å². The molecule has 5 nitrogen and oxygen atoms in total. The van der Waals surface area contributed by atoms with Crippen LogP contribution in [-0.4, -0.2) is 18.9 Å². The first-order valence-electron chi connectivity index (χ1n) is 10.8. The van der Waals surface area contributed by atoms with Gasteiger partial charge in [0.1, 0.15) is 11.4 Å². The molecule has 0 saturated heterocycles. The Morgan fingerprint density at radius 1 is 0.824 bits per heavy atom. The fraction of sp³-hybridized carbons (Fsp3) is 0.0714. The summed E-state index contributed by atoms with van der Waals surface area (Å²) in [6.07, 6.45) is 0. The minimum atomic E-state index is -0.443. The van der Waals surface area contributed by atoms with Gasteiger partial charge in [-0.15, -0.1) is 0 Å². The Labute approximate surface area is 202 Å². The SMILES string of the molecule is COc1ccccc1C1=C(Nc2cccc(Cl)c2C)C(=O)N(c2cccc3ccccc23)C1=O. The van der Waals surface area contributed by atoms with Gasteiger partial charge in [0.15, 0.2) is 0 Å². The van der Waals surface area contributed by atoms with Gasteiger partial charge in [0.25, 0.3) is 11.8 Å². The fourth-order valence-corrected chi connectivity index (χ4v) is 4.42. The van der Waals surface area contributed by atoms with Crippen LogP contribution in [0.15, 0.2) is 90.6 Å². The van der Waals surface area contributed by atoms with Crippen LogP contribution < -0.4 is 15.0 Å². The van der Waals surface area contributed by atoms with E-state index < -0.39 is 11.8 Å². The van der Waals surface area contributed by atoms with Crippen LogP contribution >= 0.6 is 11.6 Å². The van der Waals surface area contributed by atoms with Crippen LogP contribution in [0.2, 0.25) is 5.02 Å². The summed E-state index contributed by atoms with van der Waals surface area (Å²) in [4.78, 5) is 29.0. The first kappa shape index (κ1) is 21.7. The number of nitrogens with zero attached hydrogens (tertiary/aromatic N) is 1. The first-order chi connectivity index (χ1) is 16.5. The summed E-state index contributed by atoms with van der Waals surface area (Å²) in [5.41, 5.74) is 2.91. The molecule has 34 heavy (non-hydrogen) atoms. The molecule has 6 heteroatoms. The van der Waals surface area contributed by atoms with E-state index in [-0.39, 0.29) is 11.3 Å². The van der Waals surface area contributed by atoms with E-state index in [1.165, 1.54) is 12.0 Å². The number of ether oxygens (including phenoxy) is 1. The summed E-state index contributed by atoms with van der Waals surface area (Å²) < 4.78 is 5.53. The van der Waals surface area contributed by atoms with Gasteiger partial charge < -0.3 is 10.1 Å². The number of imide groups is 1. The molecule has 4 aromatic rings. The Bertz CT molecular complexity index is 1490. The number of nitrogens with one attached hydrogen (secondary N) is 1. The van der Waals surface area contributed by atoms with Crippen LogP contribution in [-0.2, 0) is 9.59 Å². The number of methoxy groups -OCH3 is 1. The van der Waals surface area contributed by atoms with Gasteiger partial charge in [0.05, 0.1) is 18.4 Å². The Balaban J connectivity index is 1.71. The van der Waals surface area contributed by atoms with Gasteiger partial charge in [0, 0.05) is 21.7 Å². The van der Waals surface area contributed by atoms with Crippen molar-refractivity contribution in [3.8, 4) is 5.75 Å². The summed E-state index contributed by atoms with van der Waals surface area (Å²) in [7, 11) is 1.54. The van der Waals surface area contributed by atoms with Crippen LogP contribution in [0.5, 0.6) is 5.75 Å². The molecule has 0 bridgehead atoms. The van der Waals surface area contributed by atoms with Crippen molar-refractivity contribution in [2.45, 2.75) is 6.92 Å². The molecule has 0 radical (unpaired) electrons. The lowest BCUT2D eigenvalue weighted by Gasteiger charge is -2.18. The van der Waals surface area contributed by atoms with Crippen molar-refractivity contribution in [3.05, 3.63) is 107 Å². The molecule has 1 heterocycles. The summed E-state index contributed by atoms with van der Waals surface area (Å²) in [6, 6.07) is 25.8. The summed E-state index contributed by atoms with van der Waals surface area (Å²) in [6.45, 7) is 1.86. The maximum atomic E-state index is 13.9. The van der Waals surface area contributed by atoms with Crippen LogP contribution in [0, 0.1) is 6.92 Å². The summed E-state index contributed by atoms with van der Waals surface area (Å²) in [5.74, 6) is -0.366. The smallest absolute Gasteiger partial charge is 0.282 e. The van der Waals surface area contributed by atoms with E-state index in [4.69, 9.17) is 16.3 Å². The normalized spacial score (nSPS) is 13.7. The van der Waals surface area contributed by atoms with Gasteiger partial charge in [-0.05, 0) is 42.1 Å². The van der Waals surface area contributed by atoms with Crippen molar-refractivity contribution in [1.82, 2.24) is 0 Å². The molecule has 0 saturated carbocycles. The highest BCUT2D eigenvalue weighted by Crippen LogP contribution is 2.40. The predicted octanol–water partition coefficient (Wildman–Crippen LogP) is 6.21. The third kappa shape index (κ3) is 3.51. The number of hydrogen-bond donors (Lipinski definition) is 1. The van der Waals surface area contributed by atoms with Crippen LogP contribution in [0.25, 0.3) is 16.3 Å². The fourth-order valence-electron chi connectivity index (χ4n) is 4.25. The lowest BCUT2D eigenvalue weighted by atomic mass is 10.0. The van der Waals surface area contributed by atoms with Crippen molar-refractivity contribution in [3.63, 3.8) is 0 Å². The molecule has 168 valence electrons. The van der Waals surface area contributed by atoms with Crippen LogP contribution in [0.3, 0.4) is 0 Å². The number of carbonyl (C=O) groups excluding carboxylic acids is 2. The second-order valence-corrected chi connectivity index (χ2v) is 8.34. The first-order valence-corrected chi connectivity index (χ1v) is 11.2. The van der Waals surface area contributed by atoms with E-state index in [2.05, 4.69) is 5.32 Å². The number of benzene rings is 4. The lowest BCUT2D eigenvalue weighted by molar-refractivity contribution is -0.120. The third-order valence-electron chi connectivity index (χ3n) is 6.00. The Kier molecular flexibility index (Phi) is 5.56. The minimum Gasteiger partial charge on any atom is -0.496 e. The largest absolute Gasteiger partial charge is 0.496 e. The van der Waals surface area contributed by atoms with E-state index in [1.54, 1.807) is 30.3 Å². The van der Waals surface area contributed by atoms with Gasteiger partial charge in [-0.1, -0.05) is 72.3 Å². The number of para-hydroxylation sites is 1. The summed E-state index contributed by atoms with van der Waals surface area (Å²) in [5, 5.41) is 5.52. The molecule has 0 aliphatic carbocycles. The molecule has 0 spiro atoms. The lowest BCUT2D eigenvalue weighted by Crippen LogP contribution is -2.32. The molecule has 1 aliphatic heterocycles. The van der Waals surface area contributed by atoms with Gasteiger partial charge >= 0.3 is 0 Å². The van der Waals surface area contributed by atoms with Gasteiger partial charge in [-0.25, -0.2) is 4.90 Å². The number of rotatable bonds is 5. The molecular weight excluding hydrogens is 448 g/mol. The van der Waals surface area contributed by atoms with Gasteiger partial charge in [0.2, 0.25) is 0 Å². The molecule has 5 rings (SSSR count). The molecule has 0 aromatic heterocycles. The van der Waals surface area contributed by atoms with E-state index in [9.17, 15) is 9.59 Å². The number of amides is 2. The second-order valence-electron chi connectivity index (χ2n) is 7.93. The van der Waals surface area contributed by atoms with E-state index in [0.29, 0.717) is 27.7 Å². The molecule has 0 fully saturated rings. The van der Waals surface area contributed by atoms with Gasteiger partial charge in [-0.2, -0.15) is 0 Å². The molecular formula is C28H21ClN2O3. The van der Waals surface area contributed by atoms with Gasteiger partial charge in [-0.3, -0.25) is 9.59 Å². The highest BCUT2D eigenvalue weighted by atomic mass is 35.5. The molecule has 0 atom stereocenters. The minimum absolute atomic E-state index is 0.174. The Hall–Kier alpha value is -4.09. The van der Waals surface area contributed by atoms with Crippen molar-refractivity contribution in [2.75, 3.05) is 17.3 Å². The van der Waals surface area contributed by atoms with Crippen molar-refractivity contribution in [1.29, 1.82) is 0 Å². The zero-order chi connectivity index (χ0) is 23.8. The zero-order valence-electron chi connectivity index (χ0n) is 18.6. The molecule has 0 unspecified atom stereocenters. The average molecular weight is 469 g/mol. The van der Waals surface area contributed by atoms with E-state index >= 15 is 0 Å². The number of fused-ring (bicyclic) bond motifs is 1. The van der Waals surface area contributed by atoms with Crippen LogP contribution in [0.4, 0.5) is 11.4 Å². The predicted molar refractivity (Wildman–Crippen MR) is 136 cm³/mol. The molecule has 2 amide bonds. The summed E-state index contributed by atoms with van der Waals surface area (Å²) >= 11 is 6.32. The maximum Gasteiger partial charge on any atom is 0.282 e. The van der Waals surface area contributed by atoms with Crippen molar-refractivity contribution >= 4 is 51.1 Å². The van der Waals surface area contributed by atoms with E-state index in [1.807, 2.05) is 61.5 Å². The highest BCUT2D eigenvalue weighted by Gasteiger charge is 2.42. The van der Waals surface area contributed by atoms with Crippen LogP contribution in [0.1, 0.15) is 11.1 Å². The number of anilines is 2. The molecule has 1 N–H and O–H groups in total. The monoisotopic (exact) mass is 468 g/mol. The number of halogens is 1. The van der Waals surface area contributed by atoms with E-state index in [0.717, 1.165) is 16.3 Å². The topological polar surface area (TPSA) is 58.6 Å². The highest BCUT2D eigenvalue weighted by molar-refractivity contribution is 6.47. The second kappa shape index (κ2) is 8.69. The zero-order valence-corrected chi connectivity index (χ0v) is 19.4.